The molecule has 0 radical (unpaired) electrons. The molecule has 2 nitrogen and oxygen atoms in total. The molecular weight excluding hydrogens is 184 g/mol. The molecule has 15 heavy (non-hydrogen) atoms. The number of aromatic nitrogens is 1. The summed E-state index contributed by atoms with van der Waals surface area (Å²) in [5.41, 5.74) is 2.39. The minimum atomic E-state index is 0.868. The summed E-state index contributed by atoms with van der Waals surface area (Å²) >= 11 is 0. The van der Waals surface area contributed by atoms with Gasteiger partial charge >= 0.3 is 0 Å². The van der Waals surface area contributed by atoms with Crippen molar-refractivity contribution in [3.05, 3.63) is 23.4 Å². The zero-order valence-corrected chi connectivity index (χ0v) is 9.71. The van der Waals surface area contributed by atoms with Crippen molar-refractivity contribution < 1.29 is 0 Å². The molecule has 2 rings (SSSR count). The van der Waals surface area contributed by atoms with E-state index in [0.29, 0.717) is 0 Å². The Morgan fingerprint density at radius 2 is 2.00 bits per heavy atom. The Morgan fingerprint density at radius 3 is 2.67 bits per heavy atom. The summed E-state index contributed by atoms with van der Waals surface area (Å²) in [6, 6.07) is 4.24. The van der Waals surface area contributed by atoms with Gasteiger partial charge in [0.25, 0.3) is 0 Å². The van der Waals surface area contributed by atoms with Gasteiger partial charge in [0, 0.05) is 12.2 Å². The van der Waals surface area contributed by atoms with Gasteiger partial charge in [-0.05, 0) is 50.3 Å². The number of hydrogen-bond donors (Lipinski definition) is 1. The highest BCUT2D eigenvalue weighted by molar-refractivity contribution is 5.39. The first-order chi connectivity index (χ1) is 7.24. The summed E-state index contributed by atoms with van der Waals surface area (Å²) in [5, 5.41) is 3.46. The average molecular weight is 204 g/mol. The summed E-state index contributed by atoms with van der Waals surface area (Å²) < 4.78 is 0. The number of rotatable bonds is 3. The molecule has 2 heteroatoms. The predicted octanol–water partition coefficient (Wildman–Crippen LogP) is 3.30. The van der Waals surface area contributed by atoms with Crippen LogP contribution in [0.25, 0.3) is 0 Å². The highest BCUT2D eigenvalue weighted by Gasteiger charge is 2.14. The van der Waals surface area contributed by atoms with Crippen molar-refractivity contribution in [3.63, 3.8) is 0 Å². The number of nitrogens with one attached hydrogen (secondary N) is 1. The van der Waals surface area contributed by atoms with E-state index in [-0.39, 0.29) is 0 Å². The van der Waals surface area contributed by atoms with Crippen LogP contribution in [0.15, 0.2) is 12.1 Å². The van der Waals surface area contributed by atoms with Crippen LogP contribution >= 0.6 is 0 Å². The van der Waals surface area contributed by atoms with E-state index in [1.54, 1.807) is 0 Å². The Morgan fingerprint density at radius 1 is 1.27 bits per heavy atom. The van der Waals surface area contributed by atoms with Crippen molar-refractivity contribution in [1.82, 2.24) is 4.98 Å². The van der Waals surface area contributed by atoms with Crippen LogP contribution < -0.4 is 5.32 Å². The molecule has 1 heterocycles. The molecule has 1 N–H and O–H groups in total. The van der Waals surface area contributed by atoms with Gasteiger partial charge in [0.2, 0.25) is 0 Å². The van der Waals surface area contributed by atoms with Crippen LogP contribution in [0.4, 0.5) is 5.82 Å². The lowest BCUT2D eigenvalue weighted by Crippen LogP contribution is -2.12. The normalized spacial score (nSPS) is 16.9. The van der Waals surface area contributed by atoms with Crippen molar-refractivity contribution in [2.75, 3.05) is 11.9 Å². The molecule has 82 valence electrons. The average Bonchev–Trinajstić information content (AvgIpc) is 2.65. The molecule has 0 amide bonds. The maximum atomic E-state index is 4.48. The van der Waals surface area contributed by atoms with Crippen molar-refractivity contribution in [1.29, 1.82) is 0 Å². The number of hydrogen-bond acceptors (Lipinski definition) is 2. The highest BCUT2D eigenvalue weighted by Crippen LogP contribution is 2.24. The molecule has 0 bridgehead atoms. The second-order valence-corrected chi connectivity index (χ2v) is 4.70. The molecule has 0 aliphatic heterocycles. The first kappa shape index (κ1) is 10.5. The SMILES string of the molecule is Cc1cc(C)nc(NCC2CCCC2)c1. The number of aryl methyl sites for hydroxylation is 2. The predicted molar refractivity (Wildman–Crippen MR) is 64.2 cm³/mol. The van der Waals surface area contributed by atoms with Crippen LogP contribution in [0.3, 0.4) is 0 Å². The molecular formula is C13H20N2. The summed E-state index contributed by atoms with van der Waals surface area (Å²) in [5.74, 6) is 1.91. The van der Waals surface area contributed by atoms with Crippen molar-refractivity contribution in [2.45, 2.75) is 39.5 Å². The molecule has 0 spiro atoms. The van der Waals surface area contributed by atoms with E-state index in [4.69, 9.17) is 0 Å². The third kappa shape index (κ3) is 2.95. The summed E-state index contributed by atoms with van der Waals surface area (Å²) in [4.78, 5) is 4.48. The van der Waals surface area contributed by atoms with Gasteiger partial charge in [-0.15, -0.1) is 0 Å². The fourth-order valence-electron chi connectivity index (χ4n) is 2.40. The Kier molecular flexibility index (Phi) is 3.24. The van der Waals surface area contributed by atoms with Crippen LogP contribution in [-0.4, -0.2) is 11.5 Å². The third-order valence-electron chi connectivity index (χ3n) is 3.14. The topological polar surface area (TPSA) is 24.9 Å². The number of pyridine rings is 1. The molecule has 1 aromatic rings. The van der Waals surface area contributed by atoms with E-state index in [2.05, 4.69) is 29.4 Å². The van der Waals surface area contributed by atoms with Crippen LogP contribution in [0.2, 0.25) is 0 Å². The lowest BCUT2D eigenvalue weighted by molar-refractivity contribution is 0.579. The lowest BCUT2D eigenvalue weighted by atomic mass is 10.1. The van der Waals surface area contributed by atoms with Crippen molar-refractivity contribution in [3.8, 4) is 0 Å². The summed E-state index contributed by atoms with van der Waals surface area (Å²) in [6.45, 7) is 5.26. The van der Waals surface area contributed by atoms with Gasteiger partial charge in [-0.2, -0.15) is 0 Å². The van der Waals surface area contributed by atoms with Gasteiger partial charge in [0.05, 0.1) is 0 Å². The maximum Gasteiger partial charge on any atom is 0.126 e. The van der Waals surface area contributed by atoms with Crippen LogP contribution in [0.1, 0.15) is 36.9 Å². The molecule has 1 aromatic heterocycles. The smallest absolute Gasteiger partial charge is 0.126 e. The molecule has 1 fully saturated rings. The summed E-state index contributed by atoms with van der Waals surface area (Å²) in [6.07, 6.45) is 5.59. The first-order valence-electron chi connectivity index (χ1n) is 5.93. The number of nitrogens with zero attached hydrogens (tertiary/aromatic N) is 1. The zero-order valence-electron chi connectivity index (χ0n) is 9.71. The van der Waals surface area contributed by atoms with Crippen LogP contribution in [0, 0.1) is 19.8 Å². The molecule has 1 aliphatic rings. The fourth-order valence-corrected chi connectivity index (χ4v) is 2.40. The maximum absolute atomic E-state index is 4.48. The molecule has 0 aromatic carbocycles. The van der Waals surface area contributed by atoms with E-state index >= 15 is 0 Å². The Hall–Kier alpha value is -1.05. The van der Waals surface area contributed by atoms with E-state index < -0.39 is 0 Å². The molecule has 0 saturated heterocycles. The van der Waals surface area contributed by atoms with E-state index in [1.807, 2.05) is 6.92 Å². The van der Waals surface area contributed by atoms with Gasteiger partial charge in [-0.25, -0.2) is 4.98 Å². The van der Waals surface area contributed by atoms with Gasteiger partial charge in [-0.1, -0.05) is 12.8 Å². The molecule has 1 saturated carbocycles. The van der Waals surface area contributed by atoms with Gasteiger partial charge in [0.15, 0.2) is 0 Å². The Bertz CT molecular complexity index is 307. The Labute approximate surface area is 92.1 Å². The van der Waals surface area contributed by atoms with E-state index in [9.17, 15) is 0 Å². The standard InChI is InChI=1S/C13H20N2/c1-10-7-11(2)15-13(8-10)14-9-12-5-3-4-6-12/h7-8,12H,3-6,9H2,1-2H3,(H,14,15). The van der Waals surface area contributed by atoms with Crippen molar-refractivity contribution >= 4 is 5.82 Å². The molecule has 1 aliphatic carbocycles. The van der Waals surface area contributed by atoms with Gasteiger partial charge in [0.1, 0.15) is 5.82 Å². The monoisotopic (exact) mass is 204 g/mol. The number of anilines is 1. The molecule has 0 unspecified atom stereocenters. The van der Waals surface area contributed by atoms with Crippen molar-refractivity contribution in [2.24, 2.45) is 5.92 Å². The molecule has 0 atom stereocenters. The van der Waals surface area contributed by atoms with Gasteiger partial charge < -0.3 is 5.32 Å². The Balaban J connectivity index is 1.92. The largest absolute Gasteiger partial charge is 0.370 e. The van der Waals surface area contributed by atoms with Crippen LogP contribution in [0.5, 0.6) is 0 Å². The second-order valence-electron chi connectivity index (χ2n) is 4.70. The first-order valence-corrected chi connectivity index (χ1v) is 5.93. The third-order valence-corrected chi connectivity index (χ3v) is 3.14. The summed E-state index contributed by atoms with van der Waals surface area (Å²) in [7, 11) is 0. The highest BCUT2D eigenvalue weighted by atomic mass is 15.0. The van der Waals surface area contributed by atoms with Gasteiger partial charge in [-0.3, -0.25) is 0 Å². The van der Waals surface area contributed by atoms with Crippen LogP contribution in [-0.2, 0) is 0 Å². The minimum Gasteiger partial charge on any atom is -0.370 e. The fraction of sp³-hybridized carbons (Fsp3) is 0.615. The van der Waals surface area contributed by atoms with E-state index in [1.165, 1.54) is 31.2 Å². The zero-order chi connectivity index (χ0) is 10.7. The quantitative estimate of drug-likeness (QED) is 0.817. The minimum absolute atomic E-state index is 0.868. The lowest BCUT2D eigenvalue weighted by Gasteiger charge is -2.11. The second kappa shape index (κ2) is 4.65. The van der Waals surface area contributed by atoms with E-state index in [0.717, 1.165) is 24.0 Å².